The number of benzene rings is 1. The van der Waals surface area contributed by atoms with Gasteiger partial charge in [0, 0.05) is 30.1 Å². The number of hydrogen-bond donors (Lipinski definition) is 3. The van der Waals surface area contributed by atoms with Crippen LogP contribution in [0.3, 0.4) is 0 Å². The third-order valence-corrected chi connectivity index (χ3v) is 6.03. The fraction of sp³-hybridized carbons (Fsp3) is 0.522. The number of nitrogens with two attached hydrogens (primary N) is 1. The van der Waals surface area contributed by atoms with E-state index in [-0.39, 0.29) is 24.4 Å². The number of unbranched alkanes of at least 4 members (excludes halogenated alkanes) is 5. The van der Waals surface area contributed by atoms with E-state index in [0.29, 0.717) is 23.4 Å². The summed E-state index contributed by atoms with van der Waals surface area (Å²) in [5.41, 5.74) is 6.19. The first-order chi connectivity index (χ1) is 14.5. The van der Waals surface area contributed by atoms with Gasteiger partial charge in [0.1, 0.15) is 5.71 Å². The van der Waals surface area contributed by atoms with Crippen LogP contribution >= 0.6 is 0 Å². The van der Waals surface area contributed by atoms with Crippen LogP contribution in [0.5, 0.6) is 0 Å². The zero-order chi connectivity index (χ0) is 21.7. The van der Waals surface area contributed by atoms with E-state index in [1.807, 2.05) is 0 Å². The van der Waals surface area contributed by atoms with Crippen LogP contribution in [0.1, 0.15) is 72.1 Å². The number of rotatable bonds is 10. The molecule has 0 heterocycles. The second-order valence-corrected chi connectivity index (χ2v) is 8.08. The van der Waals surface area contributed by atoms with Crippen LogP contribution in [0, 0.1) is 17.2 Å². The van der Waals surface area contributed by atoms with Gasteiger partial charge in [-0.15, -0.1) is 0 Å². The Morgan fingerprint density at radius 3 is 2.37 bits per heavy atom. The lowest BCUT2D eigenvalue weighted by atomic mass is 9.75. The van der Waals surface area contributed by atoms with E-state index in [1.165, 1.54) is 6.42 Å². The van der Waals surface area contributed by atoms with Crippen LogP contribution in [-0.4, -0.2) is 41.9 Å². The van der Waals surface area contributed by atoms with Gasteiger partial charge in [-0.2, -0.15) is 0 Å². The van der Waals surface area contributed by atoms with Crippen molar-refractivity contribution in [2.75, 3.05) is 18.4 Å². The van der Waals surface area contributed by atoms with E-state index in [4.69, 9.17) is 11.1 Å². The Labute approximate surface area is 176 Å². The van der Waals surface area contributed by atoms with E-state index >= 15 is 0 Å². The van der Waals surface area contributed by atoms with Gasteiger partial charge in [0.25, 0.3) is 0 Å². The van der Waals surface area contributed by atoms with Gasteiger partial charge in [0.15, 0.2) is 23.1 Å². The molecule has 0 radical (unpaired) electrons. The largest absolute Gasteiger partial charge is 0.384 e. The van der Waals surface area contributed by atoms with E-state index < -0.39 is 29.1 Å². The van der Waals surface area contributed by atoms with Gasteiger partial charge in [-0.1, -0.05) is 37.8 Å². The van der Waals surface area contributed by atoms with Gasteiger partial charge >= 0.3 is 0 Å². The minimum Gasteiger partial charge on any atom is -0.384 e. The molecule has 0 saturated heterocycles. The minimum absolute atomic E-state index is 0.0268. The molecule has 1 aromatic rings. The summed E-state index contributed by atoms with van der Waals surface area (Å²) in [4.78, 5) is 50.1. The van der Waals surface area contributed by atoms with Crippen molar-refractivity contribution >= 4 is 34.5 Å². The van der Waals surface area contributed by atoms with Crippen molar-refractivity contribution in [3.63, 3.8) is 0 Å². The molecule has 2 aliphatic carbocycles. The van der Waals surface area contributed by atoms with Crippen LogP contribution in [0.25, 0.3) is 0 Å². The maximum atomic E-state index is 13.1. The molecule has 0 bridgehead atoms. The van der Waals surface area contributed by atoms with Crippen LogP contribution < -0.4 is 11.1 Å². The molecule has 0 amide bonds. The maximum absolute atomic E-state index is 13.1. The van der Waals surface area contributed by atoms with Gasteiger partial charge in [0.05, 0.1) is 11.5 Å². The average molecular weight is 412 g/mol. The van der Waals surface area contributed by atoms with E-state index in [1.54, 1.807) is 18.2 Å². The molecule has 0 spiro atoms. The molecule has 2 aliphatic rings. The number of Topliss-reactive ketones (excluding diaryl/α,β-unsaturated/α-hetero) is 4. The zero-order valence-corrected chi connectivity index (χ0v) is 17.2. The van der Waals surface area contributed by atoms with Gasteiger partial charge < -0.3 is 11.1 Å². The Bertz CT molecular complexity index is 877. The highest BCUT2D eigenvalue weighted by Crippen LogP contribution is 2.39. The van der Waals surface area contributed by atoms with Crippen molar-refractivity contribution < 1.29 is 19.2 Å². The molecule has 0 aliphatic heterocycles. The molecule has 7 heteroatoms. The molecule has 30 heavy (non-hydrogen) atoms. The highest BCUT2D eigenvalue weighted by atomic mass is 16.2. The first-order valence-electron chi connectivity index (χ1n) is 10.8. The standard InChI is InChI=1S/C23H29N3O4/c24-12-5-3-1-2-4-6-13-26-16-9-7-8-14-18(16)23(30)19(21(14)28)15-10-11-17(27)20(25)22(15)29/h7-9,15,19,25-26H,1-6,10-13,24H2. The molecule has 160 valence electrons. The van der Waals surface area contributed by atoms with Gasteiger partial charge in [0.2, 0.25) is 0 Å². The highest BCUT2D eigenvalue weighted by molar-refractivity contribution is 6.66. The SMILES string of the molecule is N=C1C(=O)CCC(C2C(=O)c3cccc(NCCCCCCCCN)c3C2=O)C1=O. The minimum atomic E-state index is -1.12. The first-order valence-corrected chi connectivity index (χ1v) is 10.8. The lowest BCUT2D eigenvalue weighted by Crippen LogP contribution is -2.42. The summed E-state index contributed by atoms with van der Waals surface area (Å²) in [6, 6.07) is 5.12. The van der Waals surface area contributed by atoms with Crippen molar-refractivity contribution in [2.24, 2.45) is 17.6 Å². The summed E-state index contributed by atoms with van der Waals surface area (Å²) in [5, 5.41) is 10.9. The lowest BCUT2D eigenvalue weighted by Gasteiger charge is -2.23. The number of fused-ring (bicyclic) bond motifs is 1. The number of carbonyl (C=O) groups excluding carboxylic acids is 4. The fourth-order valence-electron chi connectivity index (χ4n) is 4.36. The van der Waals surface area contributed by atoms with Gasteiger partial charge in [-0.3, -0.25) is 24.6 Å². The smallest absolute Gasteiger partial charge is 0.188 e. The van der Waals surface area contributed by atoms with Gasteiger partial charge in [-0.25, -0.2) is 0 Å². The Balaban J connectivity index is 1.64. The lowest BCUT2D eigenvalue weighted by molar-refractivity contribution is -0.122. The Hall–Kier alpha value is -2.67. The van der Waals surface area contributed by atoms with Crippen molar-refractivity contribution in [2.45, 2.75) is 51.4 Å². The number of anilines is 1. The summed E-state index contributed by atoms with van der Waals surface area (Å²) in [6.45, 7) is 1.43. The zero-order valence-electron chi connectivity index (χ0n) is 17.2. The molecular weight excluding hydrogens is 382 g/mol. The molecule has 0 aromatic heterocycles. The maximum Gasteiger partial charge on any atom is 0.188 e. The highest BCUT2D eigenvalue weighted by Gasteiger charge is 2.49. The Morgan fingerprint density at radius 1 is 0.933 bits per heavy atom. The van der Waals surface area contributed by atoms with Crippen LogP contribution in [0.2, 0.25) is 0 Å². The molecular formula is C23H29N3O4. The Kier molecular flexibility index (Phi) is 7.26. The molecule has 1 aromatic carbocycles. The quantitative estimate of drug-likeness (QED) is 0.401. The predicted molar refractivity (Wildman–Crippen MR) is 114 cm³/mol. The summed E-state index contributed by atoms with van der Waals surface area (Å²) < 4.78 is 0. The third-order valence-electron chi connectivity index (χ3n) is 6.03. The second kappa shape index (κ2) is 9.89. The Morgan fingerprint density at radius 2 is 1.63 bits per heavy atom. The monoisotopic (exact) mass is 411 g/mol. The predicted octanol–water partition coefficient (Wildman–Crippen LogP) is 2.96. The van der Waals surface area contributed by atoms with Crippen molar-refractivity contribution in [1.29, 1.82) is 5.41 Å². The summed E-state index contributed by atoms with van der Waals surface area (Å²) in [6.07, 6.45) is 6.72. The van der Waals surface area contributed by atoms with Gasteiger partial charge in [-0.05, 0) is 31.9 Å². The van der Waals surface area contributed by atoms with Crippen LogP contribution in [-0.2, 0) is 9.59 Å². The fourth-order valence-corrected chi connectivity index (χ4v) is 4.36. The molecule has 2 unspecified atom stereocenters. The van der Waals surface area contributed by atoms with Crippen molar-refractivity contribution in [3.8, 4) is 0 Å². The molecule has 3 rings (SSSR count). The molecule has 7 nitrogen and oxygen atoms in total. The van der Waals surface area contributed by atoms with Crippen molar-refractivity contribution in [1.82, 2.24) is 0 Å². The second-order valence-electron chi connectivity index (χ2n) is 8.08. The number of carbonyl (C=O) groups is 4. The average Bonchev–Trinajstić information content (AvgIpc) is 3.00. The van der Waals surface area contributed by atoms with E-state index in [9.17, 15) is 19.2 Å². The molecule has 1 fully saturated rings. The molecule has 4 N–H and O–H groups in total. The normalized spacial score (nSPS) is 21.3. The number of nitrogens with one attached hydrogen (secondary N) is 2. The third kappa shape index (κ3) is 4.41. The number of hydrogen-bond acceptors (Lipinski definition) is 7. The van der Waals surface area contributed by atoms with E-state index in [2.05, 4.69) is 5.32 Å². The summed E-state index contributed by atoms with van der Waals surface area (Å²) in [5.74, 6) is -3.98. The number of ketones is 4. The summed E-state index contributed by atoms with van der Waals surface area (Å²) >= 11 is 0. The van der Waals surface area contributed by atoms with Crippen LogP contribution in [0.15, 0.2) is 18.2 Å². The van der Waals surface area contributed by atoms with Crippen LogP contribution in [0.4, 0.5) is 5.69 Å². The molecule has 2 atom stereocenters. The topological polar surface area (TPSA) is 130 Å². The summed E-state index contributed by atoms with van der Waals surface area (Å²) in [7, 11) is 0. The van der Waals surface area contributed by atoms with Crippen molar-refractivity contribution in [3.05, 3.63) is 29.3 Å². The first kappa shape index (κ1) is 22.0. The van der Waals surface area contributed by atoms with E-state index in [0.717, 1.165) is 38.6 Å². The molecule has 1 saturated carbocycles.